The van der Waals surface area contributed by atoms with E-state index in [1.54, 1.807) is 47.9 Å². The van der Waals surface area contributed by atoms with E-state index < -0.39 is 4.92 Å². The molecule has 0 fully saturated rings. The molecule has 31 heavy (non-hydrogen) atoms. The maximum absolute atomic E-state index is 10.9. The largest absolute Gasteiger partial charge is 0.269 e. The molecule has 0 N–H and O–H groups in total. The molecule has 9 nitrogen and oxygen atoms in total. The first-order valence-corrected chi connectivity index (χ1v) is 9.67. The molecule has 154 valence electrons. The number of benzene rings is 2. The molecular weight excluding hydrogens is 441 g/mol. The summed E-state index contributed by atoms with van der Waals surface area (Å²) in [4.78, 5) is 15.0. The fraction of sp³-hybridized carbons (Fsp3) is 0.0500. The van der Waals surface area contributed by atoms with Gasteiger partial charge in [-0.3, -0.25) is 10.1 Å². The van der Waals surface area contributed by atoms with Crippen molar-refractivity contribution < 1.29 is 4.92 Å². The summed E-state index contributed by atoms with van der Waals surface area (Å²) < 4.78 is 1.56. The lowest BCUT2D eigenvalue weighted by Gasteiger charge is -2.06. The summed E-state index contributed by atoms with van der Waals surface area (Å²) in [6, 6.07) is 11.2. The molecule has 0 radical (unpaired) electrons. The van der Waals surface area contributed by atoms with Crippen LogP contribution >= 0.6 is 23.2 Å². The van der Waals surface area contributed by atoms with Gasteiger partial charge in [0.25, 0.3) is 11.6 Å². The maximum atomic E-state index is 10.9. The minimum Gasteiger partial charge on any atom is -0.258 e. The molecule has 0 unspecified atom stereocenters. The van der Waals surface area contributed by atoms with E-state index in [2.05, 4.69) is 25.4 Å². The molecule has 0 spiro atoms. The summed E-state index contributed by atoms with van der Waals surface area (Å²) in [5, 5.41) is 28.3. The Hall–Kier alpha value is -3.69. The lowest BCUT2D eigenvalue weighted by molar-refractivity contribution is -0.384. The van der Waals surface area contributed by atoms with Gasteiger partial charge in [0.15, 0.2) is 5.82 Å². The first kappa shape index (κ1) is 20.6. The van der Waals surface area contributed by atoms with Crippen molar-refractivity contribution in [2.24, 2.45) is 0 Å². The third kappa shape index (κ3) is 4.42. The Labute approximate surface area is 186 Å². The zero-order valence-electron chi connectivity index (χ0n) is 16.0. The number of non-ortho nitro benzene ring substituents is 1. The van der Waals surface area contributed by atoms with Crippen molar-refractivity contribution in [3.8, 4) is 17.3 Å². The molecule has 2 aromatic carbocycles. The number of nitrogens with zero attached hydrogens (tertiary/aromatic N) is 7. The van der Waals surface area contributed by atoms with E-state index in [0.717, 1.165) is 5.56 Å². The van der Waals surface area contributed by atoms with E-state index >= 15 is 0 Å². The van der Waals surface area contributed by atoms with E-state index in [9.17, 15) is 10.1 Å². The van der Waals surface area contributed by atoms with Gasteiger partial charge in [-0.2, -0.15) is 0 Å². The molecule has 0 saturated heterocycles. The molecule has 0 aliphatic rings. The highest BCUT2D eigenvalue weighted by Crippen LogP contribution is 2.24. The van der Waals surface area contributed by atoms with Crippen LogP contribution < -0.4 is 0 Å². The van der Waals surface area contributed by atoms with Gasteiger partial charge in [0, 0.05) is 27.7 Å². The van der Waals surface area contributed by atoms with Gasteiger partial charge in [-0.25, -0.2) is 9.55 Å². The van der Waals surface area contributed by atoms with Crippen molar-refractivity contribution in [1.29, 1.82) is 0 Å². The van der Waals surface area contributed by atoms with Crippen LogP contribution in [-0.4, -0.2) is 34.9 Å². The lowest BCUT2D eigenvalue weighted by atomic mass is 10.2. The molecule has 4 aromatic rings. The molecule has 0 aliphatic heterocycles. The predicted molar refractivity (Wildman–Crippen MR) is 117 cm³/mol. The van der Waals surface area contributed by atoms with Crippen molar-refractivity contribution in [3.05, 3.63) is 85.9 Å². The van der Waals surface area contributed by atoms with Crippen LogP contribution in [-0.2, 0) is 0 Å². The summed E-state index contributed by atoms with van der Waals surface area (Å²) >= 11 is 12.2. The van der Waals surface area contributed by atoms with Crippen molar-refractivity contribution in [3.63, 3.8) is 0 Å². The van der Waals surface area contributed by atoms with Gasteiger partial charge in [-0.05, 0) is 42.8 Å². The summed E-state index contributed by atoms with van der Waals surface area (Å²) in [6.45, 7) is 1.79. The van der Waals surface area contributed by atoms with Crippen LogP contribution in [0.25, 0.3) is 29.5 Å². The molecule has 0 aliphatic carbocycles. The molecule has 4 rings (SSSR count). The number of nitro benzene ring substituents is 1. The Morgan fingerprint density at radius 2 is 1.81 bits per heavy atom. The molecule has 0 amide bonds. The van der Waals surface area contributed by atoms with E-state index in [0.29, 0.717) is 32.8 Å². The van der Waals surface area contributed by atoms with Crippen molar-refractivity contribution in [2.45, 2.75) is 6.92 Å². The number of rotatable bonds is 5. The van der Waals surface area contributed by atoms with Crippen LogP contribution in [0.2, 0.25) is 10.0 Å². The number of nitro groups is 1. The van der Waals surface area contributed by atoms with Gasteiger partial charge in [0.2, 0.25) is 0 Å². The minimum atomic E-state index is -0.465. The Kier molecular flexibility index (Phi) is 5.70. The third-order valence-electron chi connectivity index (χ3n) is 4.36. The average Bonchev–Trinajstić information content (AvgIpc) is 3.24. The zero-order valence-corrected chi connectivity index (χ0v) is 17.5. The zero-order chi connectivity index (χ0) is 22.0. The Bertz CT molecular complexity index is 1300. The summed E-state index contributed by atoms with van der Waals surface area (Å²) in [5.74, 6) is 0.682. The fourth-order valence-electron chi connectivity index (χ4n) is 2.76. The van der Waals surface area contributed by atoms with Crippen molar-refractivity contribution in [1.82, 2.24) is 29.9 Å². The number of halogens is 2. The standard InChI is InChI=1S/C20H13Cl2N7O2/c1-12-18(9-5-13-2-6-15(21)10-17(13)22)24-20(27-25-12)28-11-23-26-19(28)14-3-7-16(8-4-14)29(30)31/h2-11H,1H3. The first-order chi connectivity index (χ1) is 14.9. The van der Waals surface area contributed by atoms with E-state index in [-0.39, 0.29) is 11.6 Å². The van der Waals surface area contributed by atoms with Crippen molar-refractivity contribution >= 4 is 41.0 Å². The minimum absolute atomic E-state index is 0.0173. The monoisotopic (exact) mass is 453 g/mol. The van der Waals surface area contributed by atoms with Crippen LogP contribution in [0, 0.1) is 17.0 Å². The van der Waals surface area contributed by atoms with E-state index in [4.69, 9.17) is 23.2 Å². The Morgan fingerprint density at radius 3 is 2.52 bits per heavy atom. The van der Waals surface area contributed by atoms with Crippen LogP contribution in [0.15, 0.2) is 48.8 Å². The summed E-state index contributed by atoms with van der Waals surface area (Å²) in [5.41, 5.74) is 2.59. The fourth-order valence-corrected chi connectivity index (χ4v) is 3.23. The second-order valence-corrected chi connectivity index (χ2v) is 7.25. The van der Waals surface area contributed by atoms with Gasteiger partial charge in [0.05, 0.1) is 16.3 Å². The molecule has 0 atom stereocenters. The van der Waals surface area contributed by atoms with Gasteiger partial charge in [-0.1, -0.05) is 35.3 Å². The Balaban J connectivity index is 1.69. The van der Waals surface area contributed by atoms with Crippen LogP contribution in [0.5, 0.6) is 0 Å². The van der Waals surface area contributed by atoms with Crippen LogP contribution in [0.1, 0.15) is 17.0 Å². The Morgan fingerprint density at radius 1 is 1.03 bits per heavy atom. The molecule has 0 bridgehead atoms. The smallest absolute Gasteiger partial charge is 0.258 e. The second kappa shape index (κ2) is 8.58. The third-order valence-corrected chi connectivity index (χ3v) is 4.93. The highest BCUT2D eigenvalue weighted by Gasteiger charge is 2.14. The summed E-state index contributed by atoms with van der Waals surface area (Å²) in [6.07, 6.45) is 5.04. The van der Waals surface area contributed by atoms with Crippen LogP contribution in [0.3, 0.4) is 0 Å². The molecule has 0 saturated carbocycles. The number of aryl methyl sites for hydroxylation is 1. The molecule has 2 aromatic heterocycles. The SMILES string of the molecule is Cc1nnc(-n2cnnc2-c2ccc([N+](=O)[O-])cc2)nc1C=Cc1ccc(Cl)cc1Cl. The second-order valence-electron chi connectivity index (χ2n) is 6.41. The quantitative estimate of drug-likeness (QED) is 0.314. The topological polar surface area (TPSA) is 113 Å². The number of hydrogen-bond acceptors (Lipinski definition) is 7. The van der Waals surface area contributed by atoms with Crippen LogP contribution in [0.4, 0.5) is 5.69 Å². The van der Waals surface area contributed by atoms with E-state index in [1.165, 1.54) is 18.5 Å². The number of hydrogen-bond donors (Lipinski definition) is 0. The van der Waals surface area contributed by atoms with E-state index in [1.807, 2.05) is 6.08 Å². The molecular formula is C20H13Cl2N7O2. The van der Waals surface area contributed by atoms with Gasteiger partial charge < -0.3 is 0 Å². The highest BCUT2D eigenvalue weighted by molar-refractivity contribution is 6.35. The van der Waals surface area contributed by atoms with Gasteiger partial charge in [-0.15, -0.1) is 20.4 Å². The van der Waals surface area contributed by atoms with Crippen molar-refractivity contribution in [2.75, 3.05) is 0 Å². The molecule has 11 heteroatoms. The number of aromatic nitrogens is 6. The predicted octanol–water partition coefficient (Wildman–Crippen LogP) is 4.81. The van der Waals surface area contributed by atoms with Gasteiger partial charge >= 0.3 is 0 Å². The summed E-state index contributed by atoms with van der Waals surface area (Å²) in [7, 11) is 0. The lowest BCUT2D eigenvalue weighted by Crippen LogP contribution is -2.07. The average molecular weight is 454 g/mol. The first-order valence-electron chi connectivity index (χ1n) is 8.92. The highest BCUT2D eigenvalue weighted by atomic mass is 35.5. The molecule has 2 heterocycles. The normalized spacial score (nSPS) is 11.2. The van der Waals surface area contributed by atoms with Gasteiger partial charge in [0.1, 0.15) is 6.33 Å². The maximum Gasteiger partial charge on any atom is 0.269 e.